The summed E-state index contributed by atoms with van der Waals surface area (Å²) in [6.45, 7) is 6.66. The molecule has 0 N–H and O–H groups in total. The number of aryl methyl sites for hydroxylation is 2. The molecule has 0 aromatic heterocycles. The fourth-order valence-electron chi connectivity index (χ4n) is 3.60. The molecule has 2 aliphatic rings. The smallest absolute Gasteiger partial charge is 0.0719 e. The van der Waals surface area contributed by atoms with Crippen LogP contribution in [-0.4, -0.2) is 13.2 Å². The Bertz CT molecular complexity index is 710. The van der Waals surface area contributed by atoms with Gasteiger partial charge in [0.1, 0.15) is 0 Å². The summed E-state index contributed by atoms with van der Waals surface area (Å²) in [5, 5.41) is 0. The Morgan fingerprint density at radius 2 is 1.57 bits per heavy atom. The maximum atomic E-state index is 2.48. The molecule has 4 rings (SSSR count). The summed E-state index contributed by atoms with van der Waals surface area (Å²) in [7, 11) is 2.19. The van der Waals surface area contributed by atoms with Gasteiger partial charge in [0, 0.05) is 39.8 Å². The minimum Gasteiger partial charge on any atom is -0.380 e. The zero-order valence-electron chi connectivity index (χ0n) is 13.0. The summed E-state index contributed by atoms with van der Waals surface area (Å²) in [5.74, 6) is 1.45. The molecule has 105 valence electrons. The molecule has 0 spiro atoms. The first-order chi connectivity index (χ1) is 9.59. The van der Waals surface area contributed by atoms with Crippen LogP contribution in [0.3, 0.4) is 0 Å². The first kappa shape index (κ1) is 14.9. The molecule has 0 fully saturated rings. The molecule has 1 unspecified atom stereocenters. The van der Waals surface area contributed by atoms with E-state index in [0.717, 1.165) is 0 Å². The summed E-state index contributed by atoms with van der Waals surface area (Å²) in [4.78, 5) is 4.86. The molecule has 2 aromatic carbocycles. The van der Waals surface area contributed by atoms with E-state index in [9.17, 15) is 0 Å². The van der Waals surface area contributed by atoms with Crippen LogP contribution in [0.2, 0.25) is 0 Å². The van der Waals surface area contributed by atoms with Gasteiger partial charge in [-0.15, -0.1) is 11.5 Å². The van der Waals surface area contributed by atoms with Crippen molar-refractivity contribution in [3.63, 3.8) is 0 Å². The third-order valence-electron chi connectivity index (χ3n) is 4.82. The summed E-state index contributed by atoms with van der Waals surface area (Å²) in [5.41, 5.74) is 8.14. The van der Waals surface area contributed by atoms with Crippen molar-refractivity contribution in [3.05, 3.63) is 59.0 Å². The number of para-hydroxylation sites is 2. The van der Waals surface area contributed by atoms with Crippen molar-refractivity contribution >= 4 is 17.1 Å². The van der Waals surface area contributed by atoms with Crippen LogP contribution >= 0.6 is 0 Å². The van der Waals surface area contributed by atoms with Crippen LogP contribution in [0.5, 0.6) is 0 Å². The number of rotatable bonds is 0. The molecule has 2 heterocycles. The molecular weight excluding hydrogens is 333 g/mol. The standard InChI is InChI=1S/C18H19N2.Y/c1-11-9-14-13(3)18-19(4)15-7-5-6-8-16(15)20(18)17(14)10-12(11)2;/h5-10,18H,1-4H3;/q-1;. The van der Waals surface area contributed by atoms with Gasteiger partial charge in [-0.25, -0.2) is 0 Å². The minimum absolute atomic E-state index is 0. The quantitative estimate of drug-likeness (QED) is 0.657. The van der Waals surface area contributed by atoms with Crippen LogP contribution in [-0.2, 0) is 32.7 Å². The van der Waals surface area contributed by atoms with Gasteiger partial charge in [0.2, 0.25) is 0 Å². The monoisotopic (exact) mass is 352 g/mol. The molecule has 0 amide bonds. The van der Waals surface area contributed by atoms with Gasteiger partial charge < -0.3 is 9.80 Å². The molecule has 0 aliphatic carbocycles. The van der Waals surface area contributed by atoms with Gasteiger partial charge in [0.25, 0.3) is 0 Å². The van der Waals surface area contributed by atoms with E-state index in [-0.39, 0.29) is 32.7 Å². The maximum absolute atomic E-state index is 2.48. The Morgan fingerprint density at radius 1 is 0.952 bits per heavy atom. The Labute approximate surface area is 152 Å². The number of hydrogen-bond donors (Lipinski definition) is 0. The largest absolute Gasteiger partial charge is 0.380 e. The summed E-state index contributed by atoms with van der Waals surface area (Å²) >= 11 is 0. The number of likely N-dealkylation sites (N-methyl/N-ethyl adjacent to an activating group) is 1. The first-order valence-corrected chi connectivity index (χ1v) is 7.16. The Balaban J connectivity index is 0.00000132. The average molecular weight is 352 g/mol. The van der Waals surface area contributed by atoms with Gasteiger partial charge >= 0.3 is 0 Å². The first-order valence-electron chi connectivity index (χ1n) is 7.16. The molecule has 2 aromatic rings. The van der Waals surface area contributed by atoms with E-state index in [1.165, 1.54) is 39.7 Å². The van der Waals surface area contributed by atoms with Crippen LogP contribution in [0.1, 0.15) is 23.6 Å². The molecule has 0 saturated heterocycles. The molecule has 0 bridgehead atoms. The molecule has 0 saturated carbocycles. The Kier molecular flexibility index (Phi) is 3.58. The fourth-order valence-corrected chi connectivity index (χ4v) is 3.60. The van der Waals surface area contributed by atoms with Crippen molar-refractivity contribution in [1.29, 1.82) is 0 Å². The van der Waals surface area contributed by atoms with Gasteiger partial charge in [-0.05, 0) is 19.1 Å². The molecule has 3 heteroatoms. The second-order valence-electron chi connectivity index (χ2n) is 5.98. The second kappa shape index (κ2) is 5.03. The van der Waals surface area contributed by atoms with Gasteiger partial charge in [-0.3, -0.25) is 0 Å². The van der Waals surface area contributed by atoms with Crippen molar-refractivity contribution in [1.82, 2.24) is 0 Å². The Hall–Kier alpha value is -0.986. The van der Waals surface area contributed by atoms with Crippen molar-refractivity contribution in [3.8, 4) is 0 Å². The molecule has 1 radical (unpaired) electrons. The van der Waals surface area contributed by atoms with Crippen LogP contribution in [0, 0.1) is 19.8 Å². The van der Waals surface area contributed by atoms with Gasteiger partial charge in [-0.1, -0.05) is 43.3 Å². The summed E-state index contributed by atoms with van der Waals surface area (Å²) in [6.07, 6.45) is 0.337. The number of nitrogens with zero attached hydrogens (tertiary/aromatic N) is 2. The number of benzene rings is 2. The summed E-state index contributed by atoms with van der Waals surface area (Å²) < 4.78 is 0. The zero-order valence-corrected chi connectivity index (χ0v) is 15.9. The third-order valence-corrected chi connectivity index (χ3v) is 4.82. The van der Waals surface area contributed by atoms with Crippen LogP contribution in [0.15, 0.2) is 36.4 Å². The van der Waals surface area contributed by atoms with E-state index in [4.69, 9.17) is 0 Å². The average Bonchev–Trinajstić information content (AvgIpc) is 2.88. The van der Waals surface area contributed by atoms with Gasteiger partial charge in [-0.2, -0.15) is 11.6 Å². The topological polar surface area (TPSA) is 6.48 Å². The predicted molar refractivity (Wildman–Crippen MR) is 84.7 cm³/mol. The number of hydrogen-bond acceptors (Lipinski definition) is 2. The van der Waals surface area contributed by atoms with Gasteiger partial charge in [0.05, 0.1) is 17.5 Å². The van der Waals surface area contributed by atoms with Crippen molar-refractivity contribution in [2.75, 3.05) is 16.8 Å². The van der Waals surface area contributed by atoms with E-state index in [2.05, 4.69) is 74.0 Å². The van der Waals surface area contributed by atoms with E-state index in [0.29, 0.717) is 6.17 Å². The molecule has 2 aliphatic heterocycles. The summed E-state index contributed by atoms with van der Waals surface area (Å²) in [6, 6.07) is 13.4. The number of anilines is 3. The zero-order chi connectivity index (χ0) is 14.0. The van der Waals surface area contributed by atoms with Crippen LogP contribution in [0.4, 0.5) is 17.1 Å². The third kappa shape index (κ3) is 1.89. The van der Waals surface area contributed by atoms with Crippen LogP contribution in [0.25, 0.3) is 0 Å². The maximum Gasteiger partial charge on any atom is 0.0719 e. The Morgan fingerprint density at radius 3 is 2.29 bits per heavy atom. The minimum atomic E-state index is 0. The van der Waals surface area contributed by atoms with E-state index >= 15 is 0 Å². The van der Waals surface area contributed by atoms with E-state index in [1.54, 1.807) is 0 Å². The van der Waals surface area contributed by atoms with E-state index < -0.39 is 0 Å². The SMILES string of the molecule is Cc1cc2c(cc1C)N1c3ccccc3N(C)C1[C-]2C.[Y]. The molecule has 21 heavy (non-hydrogen) atoms. The predicted octanol–water partition coefficient (Wildman–Crippen LogP) is 4.17. The second-order valence-corrected chi connectivity index (χ2v) is 5.98. The van der Waals surface area contributed by atoms with Crippen molar-refractivity contribution in [2.24, 2.45) is 0 Å². The molecular formula is C18H19N2Y-. The van der Waals surface area contributed by atoms with E-state index in [1.807, 2.05) is 0 Å². The molecule has 2 nitrogen and oxygen atoms in total. The normalized spacial score (nSPS) is 18.3. The van der Waals surface area contributed by atoms with Crippen LogP contribution < -0.4 is 9.80 Å². The fraction of sp³-hybridized carbons (Fsp3) is 0.278. The van der Waals surface area contributed by atoms with Gasteiger partial charge in [0.15, 0.2) is 0 Å². The number of fused-ring (bicyclic) bond motifs is 5. The van der Waals surface area contributed by atoms with Crippen molar-refractivity contribution < 1.29 is 32.7 Å². The van der Waals surface area contributed by atoms with Crippen molar-refractivity contribution in [2.45, 2.75) is 26.9 Å². The molecule has 1 atom stereocenters.